The van der Waals surface area contributed by atoms with Gasteiger partial charge in [-0.25, -0.2) is 0 Å². The fraction of sp³-hybridized carbons (Fsp3) is 0.0625. The Morgan fingerprint density at radius 3 is 2.77 bits per heavy atom. The Bertz CT molecular complexity index is 782. The van der Waals surface area contributed by atoms with Gasteiger partial charge in [-0.2, -0.15) is 0 Å². The van der Waals surface area contributed by atoms with Gasteiger partial charge < -0.3 is 9.47 Å². The Morgan fingerprint density at radius 1 is 1.14 bits per heavy atom. The van der Waals surface area contributed by atoms with Gasteiger partial charge >= 0.3 is 0 Å². The number of allylic oxidation sites excluding steroid dienone is 1. The molecule has 2 aromatic rings. The van der Waals surface area contributed by atoms with Gasteiger partial charge in [-0.1, -0.05) is 18.2 Å². The third-order valence-electron chi connectivity index (χ3n) is 3.17. The number of ether oxygens (including phenoxy) is 2. The van der Waals surface area contributed by atoms with E-state index in [2.05, 4.69) is 0 Å². The topological polar surface area (TPSA) is 78.7 Å². The Kier molecular flexibility index (Phi) is 3.57. The van der Waals surface area contributed by atoms with Crippen molar-refractivity contribution in [2.75, 3.05) is 6.79 Å². The monoisotopic (exact) mass is 297 g/mol. The van der Waals surface area contributed by atoms with Crippen molar-refractivity contribution in [3.05, 3.63) is 69.8 Å². The van der Waals surface area contributed by atoms with E-state index in [1.54, 1.807) is 36.4 Å². The van der Waals surface area contributed by atoms with Gasteiger partial charge in [0.2, 0.25) is 6.79 Å². The van der Waals surface area contributed by atoms with Gasteiger partial charge in [0, 0.05) is 17.7 Å². The normalized spacial score (nSPS) is 12.5. The molecule has 1 aliphatic rings. The highest BCUT2D eigenvalue weighted by Gasteiger charge is 2.15. The molecule has 0 radical (unpaired) electrons. The SMILES string of the molecule is O=C(/C=C/c1cccc([N+](=O)[O-])c1)c1ccc2c(c1)OCO2. The Hall–Kier alpha value is -3.15. The maximum Gasteiger partial charge on any atom is 0.270 e. The summed E-state index contributed by atoms with van der Waals surface area (Å²) in [5.74, 6) is 0.929. The summed E-state index contributed by atoms with van der Waals surface area (Å²) < 4.78 is 10.4. The number of carbonyl (C=O) groups excluding carboxylic acids is 1. The molecule has 0 saturated carbocycles. The molecule has 0 saturated heterocycles. The number of nitrogens with zero attached hydrogens (tertiary/aromatic N) is 1. The second kappa shape index (κ2) is 5.69. The van der Waals surface area contributed by atoms with Crippen molar-refractivity contribution in [1.29, 1.82) is 0 Å². The Labute approximate surface area is 125 Å². The minimum Gasteiger partial charge on any atom is -0.454 e. The zero-order valence-corrected chi connectivity index (χ0v) is 11.4. The van der Waals surface area contributed by atoms with Crippen LogP contribution in [0.4, 0.5) is 5.69 Å². The van der Waals surface area contributed by atoms with Crippen LogP contribution >= 0.6 is 0 Å². The van der Waals surface area contributed by atoms with E-state index >= 15 is 0 Å². The van der Waals surface area contributed by atoms with Crippen molar-refractivity contribution >= 4 is 17.5 Å². The molecular weight excluding hydrogens is 286 g/mol. The van der Waals surface area contributed by atoms with E-state index in [-0.39, 0.29) is 18.3 Å². The average Bonchev–Trinajstić information content (AvgIpc) is 3.00. The van der Waals surface area contributed by atoms with E-state index in [1.807, 2.05) is 0 Å². The van der Waals surface area contributed by atoms with Crippen LogP contribution in [0.2, 0.25) is 0 Å². The summed E-state index contributed by atoms with van der Waals surface area (Å²) in [7, 11) is 0. The van der Waals surface area contributed by atoms with Gasteiger partial charge in [0.15, 0.2) is 17.3 Å². The summed E-state index contributed by atoms with van der Waals surface area (Å²) in [5, 5.41) is 10.7. The number of hydrogen-bond donors (Lipinski definition) is 0. The van der Waals surface area contributed by atoms with Crippen molar-refractivity contribution in [2.24, 2.45) is 0 Å². The van der Waals surface area contributed by atoms with E-state index in [9.17, 15) is 14.9 Å². The molecule has 0 unspecified atom stereocenters. The highest BCUT2D eigenvalue weighted by Crippen LogP contribution is 2.32. The molecule has 2 aromatic carbocycles. The molecule has 6 nitrogen and oxygen atoms in total. The summed E-state index contributed by atoms with van der Waals surface area (Å²) >= 11 is 0. The van der Waals surface area contributed by atoms with Crippen molar-refractivity contribution in [2.45, 2.75) is 0 Å². The van der Waals surface area contributed by atoms with Gasteiger partial charge in [-0.05, 0) is 29.8 Å². The van der Waals surface area contributed by atoms with Gasteiger partial charge in [0.25, 0.3) is 5.69 Å². The molecule has 6 heteroatoms. The van der Waals surface area contributed by atoms with E-state index in [0.29, 0.717) is 22.6 Å². The van der Waals surface area contributed by atoms with E-state index < -0.39 is 4.92 Å². The summed E-state index contributed by atoms with van der Waals surface area (Å²) in [6, 6.07) is 11.0. The number of rotatable bonds is 4. The Morgan fingerprint density at radius 2 is 1.95 bits per heavy atom. The first kappa shape index (κ1) is 13.8. The quantitative estimate of drug-likeness (QED) is 0.375. The van der Waals surface area contributed by atoms with Gasteiger partial charge in [-0.3, -0.25) is 14.9 Å². The highest BCUT2D eigenvalue weighted by atomic mass is 16.7. The molecule has 0 aromatic heterocycles. The van der Waals surface area contributed by atoms with Crippen LogP contribution in [0.25, 0.3) is 6.08 Å². The highest BCUT2D eigenvalue weighted by molar-refractivity contribution is 6.07. The second-order valence-corrected chi connectivity index (χ2v) is 4.62. The van der Waals surface area contributed by atoms with Crippen molar-refractivity contribution in [3.63, 3.8) is 0 Å². The number of carbonyl (C=O) groups is 1. The summed E-state index contributed by atoms with van der Waals surface area (Å²) in [6.07, 6.45) is 2.91. The number of non-ortho nitro benzene ring substituents is 1. The van der Waals surface area contributed by atoms with Gasteiger partial charge in [-0.15, -0.1) is 0 Å². The van der Waals surface area contributed by atoms with Crippen molar-refractivity contribution in [3.8, 4) is 11.5 Å². The zero-order chi connectivity index (χ0) is 15.5. The predicted octanol–water partition coefficient (Wildman–Crippen LogP) is 3.22. The first-order chi connectivity index (χ1) is 10.6. The van der Waals surface area contributed by atoms with Crippen molar-refractivity contribution < 1.29 is 19.2 Å². The number of ketones is 1. The second-order valence-electron chi connectivity index (χ2n) is 4.62. The molecule has 3 rings (SSSR count). The molecule has 1 aliphatic heterocycles. The maximum atomic E-state index is 12.1. The van der Waals surface area contributed by atoms with E-state index in [1.165, 1.54) is 18.2 Å². The molecule has 0 amide bonds. The predicted molar refractivity (Wildman–Crippen MR) is 79.0 cm³/mol. The van der Waals surface area contributed by atoms with Crippen molar-refractivity contribution in [1.82, 2.24) is 0 Å². The third-order valence-corrected chi connectivity index (χ3v) is 3.17. The molecule has 0 aliphatic carbocycles. The fourth-order valence-electron chi connectivity index (χ4n) is 2.06. The lowest BCUT2D eigenvalue weighted by Crippen LogP contribution is -1.94. The lowest BCUT2D eigenvalue weighted by molar-refractivity contribution is -0.384. The fourth-order valence-corrected chi connectivity index (χ4v) is 2.06. The lowest BCUT2D eigenvalue weighted by Gasteiger charge is -1.99. The van der Waals surface area contributed by atoms with Crippen LogP contribution in [0.15, 0.2) is 48.5 Å². The molecule has 0 spiro atoms. The zero-order valence-electron chi connectivity index (χ0n) is 11.4. The molecule has 110 valence electrons. The molecule has 0 atom stereocenters. The molecule has 0 fully saturated rings. The summed E-state index contributed by atoms with van der Waals surface area (Å²) in [6.45, 7) is 0.149. The van der Waals surface area contributed by atoms with Crippen LogP contribution in [0.5, 0.6) is 11.5 Å². The van der Waals surface area contributed by atoms with Gasteiger partial charge in [0.05, 0.1) is 4.92 Å². The van der Waals surface area contributed by atoms with Crippen LogP contribution < -0.4 is 9.47 Å². The first-order valence-corrected chi connectivity index (χ1v) is 6.50. The number of nitro groups is 1. The number of nitro benzene ring substituents is 1. The molecule has 22 heavy (non-hydrogen) atoms. The van der Waals surface area contributed by atoms with Crippen LogP contribution in [-0.2, 0) is 0 Å². The van der Waals surface area contributed by atoms with Crippen LogP contribution in [0.3, 0.4) is 0 Å². The minimum atomic E-state index is -0.475. The Balaban J connectivity index is 1.79. The van der Waals surface area contributed by atoms with Gasteiger partial charge in [0.1, 0.15) is 0 Å². The summed E-state index contributed by atoms with van der Waals surface area (Å²) in [5.41, 5.74) is 1.03. The van der Waals surface area contributed by atoms with E-state index in [0.717, 1.165) is 0 Å². The largest absolute Gasteiger partial charge is 0.454 e. The smallest absolute Gasteiger partial charge is 0.270 e. The minimum absolute atomic E-state index is 0.0160. The molecule has 1 heterocycles. The molecule has 0 bridgehead atoms. The molecular formula is C16H11NO5. The standard InChI is InChI=1S/C16H11NO5/c18-14(12-5-7-15-16(9-12)22-10-21-15)6-4-11-2-1-3-13(8-11)17(19)20/h1-9H,10H2/b6-4+. The van der Waals surface area contributed by atoms with E-state index in [4.69, 9.17) is 9.47 Å². The first-order valence-electron chi connectivity index (χ1n) is 6.50. The van der Waals surface area contributed by atoms with Crippen LogP contribution in [0.1, 0.15) is 15.9 Å². The number of fused-ring (bicyclic) bond motifs is 1. The number of hydrogen-bond acceptors (Lipinski definition) is 5. The maximum absolute atomic E-state index is 12.1. The summed E-state index contributed by atoms with van der Waals surface area (Å²) in [4.78, 5) is 22.4. The molecule has 0 N–H and O–H groups in total. The lowest BCUT2D eigenvalue weighted by atomic mass is 10.1. The average molecular weight is 297 g/mol. The van der Waals surface area contributed by atoms with Crippen LogP contribution in [-0.4, -0.2) is 17.5 Å². The third kappa shape index (κ3) is 2.80. The van der Waals surface area contributed by atoms with Crippen LogP contribution in [0, 0.1) is 10.1 Å². The number of benzene rings is 2.